The van der Waals surface area contributed by atoms with Crippen LogP contribution in [0.2, 0.25) is 0 Å². The Morgan fingerprint density at radius 2 is 1.55 bits per heavy atom. The number of nitrogens with one attached hydrogen (secondary N) is 1. The average molecular weight is 403 g/mol. The largest absolute Gasteiger partial charge is 0.493 e. The van der Waals surface area contributed by atoms with E-state index in [1.165, 1.54) is 0 Å². The molecule has 1 amide bonds. The van der Waals surface area contributed by atoms with Crippen molar-refractivity contribution in [1.29, 1.82) is 0 Å². The minimum atomic E-state index is -0.221. The van der Waals surface area contributed by atoms with Crippen molar-refractivity contribution >= 4 is 5.91 Å². The Labute approximate surface area is 171 Å². The number of methoxy groups -OCH3 is 3. The minimum Gasteiger partial charge on any atom is -0.493 e. The summed E-state index contributed by atoms with van der Waals surface area (Å²) in [6.07, 6.45) is 0.891. The normalized spacial score (nSPS) is 10.2. The lowest BCUT2D eigenvalue weighted by atomic mass is 10.1. The Hall–Kier alpha value is -3.09. The summed E-state index contributed by atoms with van der Waals surface area (Å²) in [5.41, 5.74) is 1.31. The van der Waals surface area contributed by atoms with E-state index >= 15 is 0 Å². The first-order valence-corrected chi connectivity index (χ1v) is 9.54. The van der Waals surface area contributed by atoms with Crippen LogP contribution in [-0.4, -0.2) is 40.5 Å². The van der Waals surface area contributed by atoms with Crippen LogP contribution in [0.15, 0.2) is 30.3 Å². The molecule has 158 valence electrons. The Morgan fingerprint density at radius 3 is 2.10 bits per heavy atom. The lowest BCUT2D eigenvalue weighted by molar-refractivity contribution is 0.0950. The molecule has 0 aliphatic rings. The highest BCUT2D eigenvalue weighted by atomic mass is 16.5. The smallest absolute Gasteiger partial charge is 0.251 e. The lowest BCUT2D eigenvalue weighted by Gasteiger charge is -2.15. The summed E-state index contributed by atoms with van der Waals surface area (Å²) < 4.78 is 27.3. The van der Waals surface area contributed by atoms with Gasteiger partial charge in [0.05, 0.1) is 34.5 Å². The number of amides is 1. The van der Waals surface area contributed by atoms with E-state index < -0.39 is 0 Å². The van der Waals surface area contributed by atoms with Crippen LogP contribution in [0.4, 0.5) is 0 Å². The topological polar surface area (TPSA) is 75.3 Å². The summed E-state index contributed by atoms with van der Waals surface area (Å²) in [6, 6.07) is 8.77. The van der Waals surface area contributed by atoms with Crippen LogP contribution in [0.1, 0.15) is 36.2 Å². The van der Waals surface area contributed by atoms with Gasteiger partial charge >= 0.3 is 0 Å². The van der Waals surface area contributed by atoms with Gasteiger partial charge in [-0.15, -0.1) is 0 Å². The molecule has 0 saturated carbocycles. The van der Waals surface area contributed by atoms with Crippen molar-refractivity contribution < 1.29 is 28.5 Å². The SMILES string of the molecule is CCCOc1ccc(C(=O)NCc2cc(OC)c(OC)c(OC)c2)cc1OCC. The number of hydrogen-bond donors (Lipinski definition) is 1. The van der Waals surface area contributed by atoms with E-state index in [-0.39, 0.29) is 5.91 Å². The van der Waals surface area contributed by atoms with Gasteiger partial charge < -0.3 is 29.0 Å². The third kappa shape index (κ3) is 5.70. The van der Waals surface area contributed by atoms with E-state index in [1.807, 2.05) is 13.8 Å². The summed E-state index contributed by atoms with van der Waals surface area (Å²) in [6.45, 7) is 5.30. The number of carbonyl (C=O) groups excluding carboxylic acids is 1. The first-order valence-electron chi connectivity index (χ1n) is 9.54. The zero-order valence-corrected chi connectivity index (χ0v) is 17.7. The van der Waals surface area contributed by atoms with Crippen LogP contribution in [0.5, 0.6) is 28.7 Å². The van der Waals surface area contributed by atoms with E-state index in [2.05, 4.69) is 5.32 Å². The second kappa shape index (κ2) is 11.0. The molecule has 0 fully saturated rings. The quantitative estimate of drug-likeness (QED) is 0.615. The molecule has 0 bridgehead atoms. The van der Waals surface area contributed by atoms with Crippen molar-refractivity contribution in [3.8, 4) is 28.7 Å². The number of carbonyl (C=O) groups is 1. The van der Waals surface area contributed by atoms with Crippen LogP contribution in [0.3, 0.4) is 0 Å². The molecule has 0 atom stereocenters. The molecule has 0 saturated heterocycles. The number of ether oxygens (including phenoxy) is 5. The summed E-state index contributed by atoms with van der Waals surface area (Å²) >= 11 is 0. The Bertz CT molecular complexity index is 796. The predicted octanol–water partition coefficient (Wildman–Crippen LogP) is 3.83. The molecular weight excluding hydrogens is 374 g/mol. The highest BCUT2D eigenvalue weighted by molar-refractivity contribution is 5.94. The van der Waals surface area contributed by atoms with Crippen molar-refractivity contribution in [2.45, 2.75) is 26.8 Å². The summed E-state index contributed by atoms with van der Waals surface area (Å²) in [5.74, 6) is 2.55. The van der Waals surface area contributed by atoms with E-state index in [4.69, 9.17) is 23.7 Å². The van der Waals surface area contributed by atoms with E-state index in [0.29, 0.717) is 54.1 Å². The fraction of sp³-hybridized carbons (Fsp3) is 0.409. The highest BCUT2D eigenvalue weighted by Crippen LogP contribution is 2.38. The third-order valence-electron chi connectivity index (χ3n) is 4.15. The standard InChI is InChI=1S/C22H29NO6/c1-6-10-29-17-9-8-16(13-18(17)28-7-2)22(24)23-14-15-11-19(25-3)21(27-5)20(12-15)26-4/h8-9,11-13H,6-7,10,14H2,1-5H3,(H,23,24). The molecule has 1 N–H and O–H groups in total. The van der Waals surface area contributed by atoms with Gasteiger partial charge in [-0.05, 0) is 49.2 Å². The Balaban J connectivity index is 2.15. The molecule has 2 aromatic rings. The maximum Gasteiger partial charge on any atom is 0.251 e. The summed E-state index contributed by atoms with van der Waals surface area (Å²) in [4.78, 5) is 12.6. The minimum absolute atomic E-state index is 0.221. The molecule has 29 heavy (non-hydrogen) atoms. The third-order valence-corrected chi connectivity index (χ3v) is 4.15. The average Bonchev–Trinajstić information content (AvgIpc) is 2.75. The van der Waals surface area contributed by atoms with Gasteiger partial charge in [-0.3, -0.25) is 4.79 Å². The maximum atomic E-state index is 12.6. The molecule has 2 aromatic carbocycles. The molecule has 2 rings (SSSR count). The molecule has 0 aromatic heterocycles. The first-order chi connectivity index (χ1) is 14.1. The van der Waals surface area contributed by atoms with Crippen LogP contribution in [0.25, 0.3) is 0 Å². The van der Waals surface area contributed by atoms with Gasteiger partial charge in [0.1, 0.15) is 0 Å². The van der Waals surface area contributed by atoms with E-state index in [1.54, 1.807) is 51.7 Å². The van der Waals surface area contributed by atoms with Gasteiger partial charge in [0, 0.05) is 12.1 Å². The second-order valence-corrected chi connectivity index (χ2v) is 6.16. The lowest BCUT2D eigenvalue weighted by Crippen LogP contribution is -2.23. The van der Waals surface area contributed by atoms with Crippen LogP contribution < -0.4 is 29.0 Å². The van der Waals surface area contributed by atoms with Gasteiger partial charge in [0.25, 0.3) is 5.91 Å². The van der Waals surface area contributed by atoms with Gasteiger partial charge in [-0.2, -0.15) is 0 Å². The molecule has 0 spiro atoms. The van der Waals surface area contributed by atoms with Gasteiger partial charge in [-0.1, -0.05) is 6.92 Å². The maximum absolute atomic E-state index is 12.6. The number of benzene rings is 2. The van der Waals surface area contributed by atoms with Crippen LogP contribution in [-0.2, 0) is 6.54 Å². The van der Waals surface area contributed by atoms with Crippen molar-refractivity contribution in [2.24, 2.45) is 0 Å². The van der Waals surface area contributed by atoms with E-state index in [9.17, 15) is 4.79 Å². The van der Waals surface area contributed by atoms with Crippen molar-refractivity contribution in [1.82, 2.24) is 5.32 Å². The zero-order valence-electron chi connectivity index (χ0n) is 17.7. The van der Waals surface area contributed by atoms with Crippen LogP contribution in [0, 0.1) is 0 Å². The zero-order chi connectivity index (χ0) is 21.2. The fourth-order valence-corrected chi connectivity index (χ4v) is 2.77. The summed E-state index contributed by atoms with van der Waals surface area (Å²) in [7, 11) is 4.65. The molecule has 7 heteroatoms. The molecular formula is C22H29NO6. The monoisotopic (exact) mass is 403 g/mol. The molecule has 7 nitrogen and oxygen atoms in total. The second-order valence-electron chi connectivity index (χ2n) is 6.16. The summed E-state index contributed by atoms with van der Waals surface area (Å²) in [5, 5.41) is 2.90. The highest BCUT2D eigenvalue weighted by Gasteiger charge is 2.15. The first kappa shape index (κ1) is 22.2. The predicted molar refractivity (Wildman–Crippen MR) is 111 cm³/mol. The van der Waals surface area contributed by atoms with Gasteiger partial charge in [0.15, 0.2) is 23.0 Å². The molecule has 0 radical (unpaired) electrons. The number of rotatable bonds is 11. The molecule has 0 unspecified atom stereocenters. The Kier molecular flexibility index (Phi) is 8.45. The van der Waals surface area contributed by atoms with E-state index in [0.717, 1.165) is 12.0 Å². The number of hydrogen-bond acceptors (Lipinski definition) is 6. The molecule has 0 heterocycles. The van der Waals surface area contributed by atoms with Gasteiger partial charge in [0.2, 0.25) is 5.75 Å². The fourth-order valence-electron chi connectivity index (χ4n) is 2.77. The Morgan fingerprint density at radius 1 is 0.862 bits per heavy atom. The van der Waals surface area contributed by atoms with Crippen molar-refractivity contribution in [2.75, 3.05) is 34.5 Å². The van der Waals surface area contributed by atoms with Crippen molar-refractivity contribution in [3.63, 3.8) is 0 Å². The van der Waals surface area contributed by atoms with Crippen molar-refractivity contribution in [3.05, 3.63) is 41.5 Å². The molecule has 0 aliphatic heterocycles. The van der Waals surface area contributed by atoms with Crippen LogP contribution >= 0.6 is 0 Å². The molecule has 0 aliphatic carbocycles. The van der Waals surface area contributed by atoms with Gasteiger partial charge in [-0.25, -0.2) is 0 Å².